The van der Waals surface area contributed by atoms with Crippen LogP contribution >= 0.6 is 0 Å². The number of ether oxygens (including phenoxy) is 1. The summed E-state index contributed by atoms with van der Waals surface area (Å²) in [5.41, 5.74) is 3.05. The van der Waals surface area contributed by atoms with E-state index in [9.17, 15) is 9.59 Å². The Balaban J connectivity index is 1.95. The molecule has 0 saturated carbocycles. The predicted octanol–water partition coefficient (Wildman–Crippen LogP) is 1.88. The maximum Gasteiger partial charge on any atom is 0.252 e. The summed E-state index contributed by atoms with van der Waals surface area (Å²) < 4.78 is 5.42. The molecular formula is C16H22N2O3. The van der Waals surface area contributed by atoms with Crippen LogP contribution in [0, 0.1) is 13.8 Å². The number of carbonyl (C=O) groups excluding carboxylic acids is 2. The molecule has 0 aliphatic carbocycles. The highest BCUT2D eigenvalue weighted by molar-refractivity contribution is 5.95. The minimum Gasteiger partial charge on any atom is -0.366 e. The van der Waals surface area contributed by atoms with Crippen molar-refractivity contribution in [3.63, 3.8) is 0 Å². The molecule has 0 unspecified atom stereocenters. The first kappa shape index (κ1) is 15.5. The third kappa shape index (κ3) is 3.82. The highest BCUT2D eigenvalue weighted by Gasteiger charge is 2.30. The van der Waals surface area contributed by atoms with Gasteiger partial charge in [0.25, 0.3) is 5.91 Å². The fourth-order valence-electron chi connectivity index (χ4n) is 2.35. The highest BCUT2D eigenvalue weighted by atomic mass is 16.5. The van der Waals surface area contributed by atoms with Gasteiger partial charge in [0.05, 0.1) is 13.0 Å². The molecule has 1 atom stereocenters. The first-order valence-corrected chi connectivity index (χ1v) is 7.28. The molecule has 1 aromatic rings. The molecule has 114 valence electrons. The lowest BCUT2D eigenvalue weighted by Gasteiger charge is -2.31. The van der Waals surface area contributed by atoms with E-state index < -0.39 is 6.10 Å². The van der Waals surface area contributed by atoms with Crippen molar-refractivity contribution >= 4 is 17.5 Å². The number of benzene rings is 1. The van der Waals surface area contributed by atoms with Gasteiger partial charge in [0.2, 0.25) is 5.91 Å². The molecule has 0 aromatic heterocycles. The summed E-state index contributed by atoms with van der Waals surface area (Å²) in [5, 5.41) is 2.82. The molecule has 0 radical (unpaired) electrons. The number of rotatable bonds is 4. The first-order valence-electron chi connectivity index (χ1n) is 7.28. The monoisotopic (exact) mass is 290 g/mol. The van der Waals surface area contributed by atoms with Gasteiger partial charge >= 0.3 is 0 Å². The Bertz CT molecular complexity index is 542. The van der Waals surface area contributed by atoms with Crippen molar-refractivity contribution in [1.82, 2.24) is 4.90 Å². The number of nitrogens with zero attached hydrogens (tertiary/aromatic N) is 1. The number of anilines is 1. The van der Waals surface area contributed by atoms with Crippen molar-refractivity contribution in [2.75, 3.05) is 25.0 Å². The molecule has 0 bridgehead atoms. The minimum atomic E-state index is -0.662. The summed E-state index contributed by atoms with van der Waals surface area (Å²) in [6.07, 6.45) is -0.604. The summed E-state index contributed by atoms with van der Waals surface area (Å²) in [7, 11) is 0. The summed E-state index contributed by atoms with van der Waals surface area (Å²) in [6, 6.07) is 5.75. The van der Waals surface area contributed by atoms with Gasteiger partial charge in [0.15, 0.2) is 0 Å². The van der Waals surface area contributed by atoms with Crippen LogP contribution in [0.2, 0.25) is 0 Å². The molecular weight excluding hydrogens is 268 g/mol. The second-order valence-corrected chi connectivity index (χ2v) is 5.33. The van der Waals surface area contributed by atoms with Crippen LogP contribution in [-0.2, 0) is 14.3 Å². The van der Waals surface area contributed by atoms with Gasteiger partial charge in [-0.25, -0.2) is 0 Å². The fraction of sp³-hybridized carbons (Fsp3) is 0.500. The fourth-order valence-corrected chi connectivity index (χ4v) is 2.35. The van der Waals surface area contributed by atoms with Crippen LogP contribution in [-0.4, -0.2) is 42.5 Å². The number of amides is 2. The number of nitrogens with one attached hydrogen (secondary N) is 1. The number of morpholine rings is 1. The lowest BCUT2D eigenvalue weighted by Crippen LogP contribution is -2.48. The predicted molar refractivity (Wildman–Crippen MR) is 81.2 cm³/mol. The molecule has 2 rings (SSSR count). The largest absolute Gasteiger partial charge is 0.366 e. The summed E-state index contributed by atoms with van der Waals surface area (Å²) in [6.45, 7) is 7.69. The molecule has 21 heavy (non-hydrogen) atoms. The molecule has 0 spiro atoms. The van der Waals surface area contributed by atoms with Gasteiger partial charge in [0, 0.05) is 18.8 Å². The van der Waals surface area contributed by atoms with E-state index in [2.05, 4.69) is 5.32 Å². The zero-order valence-corrected chi connectivity index (χ0v) is 12.8. The molecule has 1 saturated heterocycles. The van der Waals surface area contributed by atoms with E-state index in [1.54, 1.807) is 4.90 Å². The maximum atomic E-state index is 12.1. The maximum absolute atomic E-state index is 12.1. The van der Waals surface area contributed by atoms with Crippen molar-refractivity contribution in [3.05, 3.63) is 29.3 Å². The molecule has 1 fully saturated rings. The van der Waals surface area contributed by atoms with Gasteiger partial charge in [-0.15, -0.1) is 0 Å². The Morgan fingerprint density at radius 1 is 1.38 bits per heavy atom. The molecule has 1 aliphatic heterocycles. The van der Waals surface area contributed by atoms with Crippen molar-refractivity contribution in [1.29, 1.82) is 0 Å². The Labute approximate surface area is 125 Å². The van der Waals surface area contributed by atoms with Crippen LogP contribution in [0.3, 0.4) is 0 Å². The van der Waals surface area contributed by atoms with Crippen LogP contribution in [0.1, 0.15) is 24.5 Å². The van der Waals surface area contributed by atoms with Crippen molar-refractivity contribution in [3.8, 4) is 0 Å². The van der Waals surface area contributed by atoms with E-state index in [1.807, 2.05) is 39.0 Å². The number of likely N-dealkylation sites (N-methyl/N-ethyl adjacent to an activating group) is 1. The van der Waals surface area contributed by atoms with Crippen LogP contribution in [0.5, 0.6) is 0 Å². The zero-order valence-electron chi connectivity index (χ0n) is 12.8. The van der Waals surface area contributed by atoms with E-state index in [-0.39, 0.29) is 18.2 Å². The smallest absolute Gasteiger partial charge is 0.252 e. The van der Waals surface area contributed by atoms with Crippen LogP contribution < -0.4 is 5.32 Å². The normalized spacial score (nSPS) is 18.7. The number of aryl methyl sites for hydroxylation is 2. The second kappa shape index (κ2) is 6.72. The zero-order chi connectivity index (χ0) is 15.4. The molecule has 5 nitrogen and oxygen atoms in total. The van der Waals surface area contributed by atoms with Gasteiger partial charge in [0.1, 0.15) is 6.10 Å². The first-order chi connectivity index (χ1) is 10.0. The third-order valence-electron chi connectivity index (χ3n) is 3.81. The van der Waals surface area contributed by atoms with Crippen molar-refractivity contribution < 1.29 is 14.3 Å². The minimum absolute atomic E-state index is 0.0578. The summed E-state index contributed by atoms with van der Waals surface area (Å²) >= 11 is 0. The topological polar surface area (TPSA) is 58.6 Å². The number of hydrogen-bond donors (Lipinski definition) is 1. The van der Waals surface area contributed by atoms with Gasteiger partial charge in [-0.3, -0.25) is 9.59 Å². The van der Waals surface area contributed by atoms with Gasteiger partial charge in [-0.05, 0) is 44.0 Å². The molecule has 5 heteroatoms. The molecule has 2 amide bonds. The SMILES string of the molecule is CCN1CCO[C@@H](CC(=O)Nc2ccc(C)c(C)c2)C1=O. The molecule has 1 aliphatic rings. The summed E-state index contributed by atoms with van der Waals surface area (Å²) in [4.78, 5) is 25.8. The number of carbonyl (C=O) groups is 2. The highest BCUT2D eigenvalue weighted by Crippen LogP contribution is 2.16. The van der Waals surface area contributed by atoms with Gasteiger partial charge in [-0.2, -0.15) is 0 Å². The van der Waals surface area contributed by atoms with Crippen LogP contribution in [0.25, 0.3) is 0 Å². The van der Waals surface area contributed by atoms with E-state index in [4.69, 9.17) is 4.74 Å². The molecule has 1 N–H and O–H groups in total. The Kier molecular flexibility index (Phi) is 4.96. The second-order valence-electron chi connectivity index (χ2n) is 5.33. The molecule has 1 heterocycles. The Morgan fingerprint density at radius 3 is 2.81 bits per heavy atom. The average Bonchev–Trinajstić information content (AvgIpc) is 2.45. The van der Waals surface area contributed by atoms with Crippen LogP contribution in [0.15, 0.2) is 18.2 Å². The lowest BCUT2D eigenvalue weighted by molar-refractivity contribution is -0.154. The summed E-state index contributed by atoms with van der Waals surface area (Å²) in [5.74, 6) is -0.298. The third-order valence-corrected chi connectivity index (χ3v) is 3.81. The van der Waals surface area contributed by atoms with E-state index in [1.165, 1.54) is 5.56 Å². The van der Waals surface area contributed by atoms with Gasteiger partial charge < -0.3 is 15.0 Å². The standard InChI is InChI=1S/C16H22N2O3/c1-4-18-7-8-21-14(16(18)20)10-15(19)17-13-6-5-11(2)12(3)9-13/h5-6,9,14H,4,7-8,10H2,1-3H3,(H,17,19)/t14-/m0/s1. The Hall–Kier alpha value is -1.88. The van der Waals surface area contributed by atoms with Gasteiger partial charge in [-0.1, -0.05) is 6.07 Å². The average molecular weight is 290 g/mol. The molecule has 1 aromatic carbocycles. The van der Waals surface area contributed by atoms with Crippen molar-refractivity contribution in [2.24, 2.45) is 0 Å². The quantitative estimate of drug-likeness (QED) is 0.921. The van der Waals surface area contributed by atoms with E-state index >= 15 is 0 Å². The van der Waals surface area contributed by atoms with Crippen molar-refractivity contribution in [2.45, 2.75) is 33.3 Å². The number of hydrogen-bond acceptors (Lipinski definition) is 3. The lowest BCUT2D eigenvalue weighted by atomic mass is 10.1. The van der Waals surface area contributed by atoms with E-state index in [0.717, 1.165) is 11.3 Å². The van der Waals surface area contributed by atoms with Crippen LogP contribution in [0.4, 0.5) is 5.69 Å². The van der Waals surface area contributed by atoms with E-state index in [0.29, 0.717) is 19.7 Å². The Morgan fingerprint density at radius 2 is 2.14 bits per heavy atom.